The summed E-state index contributed by atoms with van der Waals surface area (Å²) in [7, 11) is 0. The third-order valence-electron chi connectivity index (χ3n) is 4.23. The smallest absolute Gasteiger partial charge is 0.317 e. The number of aliphatic hydroxyl groups excluding tert-OH is 1. The summed E-state index contributed by atoms with van der Waals surface area (Å²) in [6, 6.07) is 0.496. The molecule has 1 aliphatic carbocycles. The highest BCUT2D eigenvalue weighted by molar-refractivity contribution is 5.75. The number of urea groups is 1. The van der Waals surface area contributed by atoms with Gasteiger partial charge in [0, 0.05) is 31.7 Å². The fourth-order valence-electron chi connectivity index (χ4n) is 3.12. The second kappa shape index (κ2) is 7.27. The van der Waals surface area contributed by atoms with Gasteiger partial charge in [0.2, 0.25) is 0 Å². The first kappa shape index (κ1) is 15.6. The lowest BCUT2D eigenvalue weighted by atomic mass is 10.00. The largest absolute Gasteiger partial charge is 0.395 e. The zero-order valence-electron chi connectivity index (χ0n) is 12.8. The summed E-state index contributed by atoms with van der Waals surface area (Å²) < 4.78 is 0. The van der Waals surface area contributed by atoms with Gasteiger partial charge in [0.05, 0.1) is 6.61 Å². The number of likely N-dealkylation sites (tertiary alicyclic amines) is 1. The standard InChI is InChI=1S/C15H29N3O2/c1-12-4-3-7-17(10-12)11-13(2)16-15(20)18(8-9-19)14-5-6-14/h12-14,19H,3-11H2,1-2H3,(H,16,20). The van der Waals surface area contributed by atoms with E-state index in [-0.39, 0.29) is 18.7 Å². The average Bonchev–Trinajstić information content (AvgIpc) is 3.19. The van der Waals surface area contributed by atoms with Crippen LogP contribution in [0.2, 0.25) is 0 Å². The van der Waals surface area contributed by atoms with Crippen molar-refractivity contribution in [3.05, 3.63) is 0 Å². The summed E-state index contributed by atoms with van der Waals surface area (Å²) in [5.41, 5.74) is 0. The highest BCUT2D eigenvalue weighted by atomic mass is 16.3. The van der Waals surface area contributed by atoms with E-state index in [1.54, 1.807) is 4.90 Å². The van der Waals surface area contributed by atoms with Gasteiger partial charge in [-0.05, 0) is 45.1 Å². The Morgan fingerprint density at radius 1 is 1.45 bits per heavy atom. The van der Waals surface area contributed by atoms with Gasteiger partial charge < -0.3 is 20.2 Å². The number of carbonyl (C=O) groups excluding carboxylic acids is 1. The second-order valence-electron chi connectivity index (χ2n) is 6.51. The molecule has 1 aliphatic heterocycles. The van der Waals surface area contributed by atoms with Crippen LogP contribution in [0.4, 0.5) is 4.79 Å². The highest BCUT2D eigenvalue weighted by Gasteiger charge is 2.32. The zero-order valence-corrected chi connectivity index (χ0v) is 12.8. The number of nitrogens with zero attached hydrogens (tertiary/aromatic N) is 2. The molecule has 2 atom stereocenters. The first-order chi connectivity index (χ1) is 9.60. The van der Waals surface area contributed by atoms with Crippen LogP contribution in [-0.4, -0.2) is 65.8 Å². The van der Waals surface area contributed by atoms with Gasteiger partial charge in [-0.1, -0.05) is 6.92 Å². The summed E-state index contributed by atoms with van der Waals surface area (Å²) >= 11 is 0. The Morgan fingerprint density at radius 3 is 2.80 bits per heavy atom. The van der Waals surface area contributed by atoms with Crippen molar-refractivity contribution in [2.24, 2.45) is 5.92 Å². The normalized spacial score (nSPS) is 25.2. The van der Waals surface area contributed by atoms with Crippen molar-refractivity contribution < 1.29 is 9.90 Å². The van der Waals surface area contributed by atoms with Gasteiger partial charge in [0.25, 0.3) is 0 Å². The van der Waals surface area contributed by atoms with Crippen molar-refractivity contribution in [3.8, 4) is 0 Å². The Hall–Kier alpha value is -0.810. The van der Waals surface area contributed by atoms with Crippen LogP contribution in [0.3, 0.4) is 0 Å². The third kappa shape index (κ3) is 4.63. The molecule has 0 aromatic heterocycles. The molecule has 2 unspecified atom stereocenters. The fraction of sp³-hybridized carbons (Fsp3) is 0.933. The van der Waals surface area contributed by atoms with Crippen LogP contribution >= 0.6 is 0 Å². The molecule has 5 nitrogen and oxygen atoms in total. The van der Waals surface area contributed by atoms with Crippen molar-refractivity contribution in [2.45, 2.75) is 51.6 Å². The predicted molar refractivity (Wildman–Crippen MR) is 79.6 cm³/mol. The van der Waals surface area contributed by atoms with Gasteiger partial charge in [0.1, 0.15) is 0 Å². The van der Waals surface area contributed by atoms with Crippen LogP contribution in [0.15, 0.2) is 0 Å². The molecule has 116 valence electrons. The fourth-order valence-corrected chi connectivity index (χ4v) is 3.12. The first-order valence-corrected chi connectivity index (χ1v) is 8.00. The van der Waals surface area contributed by atoms with Crippen molar-refractivity contribution in [1.29, 1.82) is 0 Å². The van der Waals surface area contributed by atoms with Crippen molar-refractivity contribution in [3.63, 3.8) is 0 Å². The van der Waals surface area contributed by atoms with Crippen LogP contribution in [0, 0.1) is 5.92 Å². The quantitative estimate of drug-likeness (QED) is 0.772. The minimum atomic E-state index is -0.0147. The van der Waals surface area contributed by atoms with Gasteiger partial charge in [-0.15, -0.1) is 0 Å². The summed E-state index contributed by atoms with van der Waals surface area (Å²) in [5.74, 6) is 0.768. The molecule has 0 radical (unpaired) electrons. The molecule has 20 heavy (non-hydrogen) atoms. The maximum atomic E-state index is 12.2. The summed E-state index contributed by atoms with van der Waals surface area (Å²) in [6.07, 6.45) is 4.74. The Morgan fingerprint density at radius 2 is 2.20 bits per heavy atom. The maximum absolute atomic E-state index is 12.2. The lowest BCUT2D eigenvalue weighted by Crippen LogP contribution is -2.50. The van der Waals surface area contributed by atoms with Crippen LogP contribution in [0.25, 0.3) is 0 Å². The molecule has 2 rings (SSSR count). The van der Waals surface area contributed by atoms with E-state index in [0.717, 1.165) is 38.4 Å². The van der Waals surface area contributed by atoms with Gasteiger partial charge >= 0.3 is 6.03 Å². The molecule has 2 amide bonds. The van der Waals surface area contributed by atoms with Crippen molar-refractivity contribution in [1.82, 2.24) is 15.1 Å². The summed E-state index contributed by atoms with van der Waals surface area (Å²) in [6.45, 7) is 8.07. The van der Waals surface area contributed by atoms with E-state index in [1.165, 1.54) is 12.8 Å². The average molecular weight is 283 g/mol. The van der Waals surface area contributed by atoms with Crippen LogP contribution in [0.1, 0.15) is 39.5 Å². The van der Waals surface area contributed by atoms with Crippen LogP contribution in [0.5, 0.6) is 0 Å². The summed E-state index contributed by atoms with van der Waals surface area (Å²) in [4.78, 5) is 16.5. The number of nitrogens with one attached hydrogen (secondary N) is 1. The maximum Gasteiger partial charge on any atom is 0.317 e. The van der Waals surface area contributed by atoms with E-state index in [0.29, 0.717) is 12.6 Å². The van der Waals surface area contributed by atoms with Gasteiger partial charge in [-0.2, -0.15) is 0 Å². The van der Waals surface area contributed by atoms with E-state index in [4.69, 9.17) is 5.11 Å². The van der Waals surface area contributed by atoms with E-state index < -0.39 is 0 Å². The molecule has 2 aliphatic rings. The Balaban J connectivity index is 1.74. The molecule has 1 saturated carbocycles. The molecule has 0 spiro atoms. The van der Waals surface area contributed by atoms with Crippen molar-refractivity contribution in [2.75, 3.05) is 32.8 Å². The Bertz CT molecular complexity index is 320. The Kier molecular flexibility index (Phi) is 5.66. The number of carbonyl (C=O) groups is 1. The number of hydrogen-bond donors (Lipinski definition) is 2. The van der Waals surface area contributed by atoms with Crippen LogP contribution < -0.4 is 5.32 Å². The minimum absolute atomic E-state index is 0.0147. The van der Waals surface area contributed by atoms with Gasteiger partial charge in [-0.3, -0.25) is 0 Å². The predicted octanol–water partition coefficient (Wildman–Crippen LogP) is 1.27. The van der Waals surface area contributed by atoms with Crippen LogP contribution in [-0.2, 0) is 0 Å². The molecule has 0 aromatic rings. The third-order valence-corrected chi connectivity index (χ3v) is 4.23. The topological polar surface area (TPSA) is 55.8 Å². The van der Waals surface area contributed by atoms with Crippen molar-refractivity contribution >= 4 is 6.03 Å². The Labute approximate surface area is 122 Å². The first-order valence-electron chi connectivity index (χ1n) is 8.00. The zero-order chi connectivity index (χ0) is 14.5. The molecule has 2 fully saturated rings. The number of amides is 2. The SMILES string of the molecule is CC1CCCN(CC(C)NC(=O)N(CCO)C2CC2)C1. The highest BCUT2D eigenvalue weighted by Crippen LogP contribution is 2.26. The number of piperidine rings is 1. The van der Waals surface area contributed by atoms with E-state index in [2.05, 4.69) is 24.1 Å². The van der Waals surface area contributed by atoms with E-state index >= 15 is 0 Å². The summed E-state index contributed by atoms with van der Waals surface area (Å²) in [5, 5.41) is 12.1. The molecule has 1 saturated heterocycles. The van der Waals surface area contributed by atoms with E-state index in [9.17, 15) is 4.79 Å². The number of rotatable bonds is 6. The minimum Gasteiger partial charge on any atom is -0.395 e. The van der Waals surface area contributed by atoms with Gasteiger partial charge in [0.15, 0.2) is 0 Å². The molecule has 2 N–H and O–H groups in total. The monoisotopic (exact) mass is 283 g/mol. The molecule has 0 aromatic carbocycles. The number of aliphatic hydroxyl groups is 1. The molecule has 1 heterocycles. The lowest BCUT2D eigenvalue weighted by Gasteiger charge is -2.33. The van der Waals surface area contributed by atoms with Gasteiger partial charge in [-0.25, -0.2) is 4.79 Å². The molecular formula is C15H29N3O2. The van der Waals surface area contributed by atoms with E-state index in [1.807, 2.05) is 0 Å². The number of hydrogen-bond acceptors (Lipinski definition) is 3. The second-order valence-corrected chi connectivity index (χ2v) is 6.51. The molecular weight excluding hydrogens is 254 g/mol. The molecule has 0 bridgehead atoms. The lowest BCUT2D eigenvalue weighted by molar-refractivity contribution is 0.154. The molecule has 5 heteroatoms.